The maximum atomic E-state index is 6.46. The molecule has 16 heavy (non-hydrogen) atoms. The Bertz CT molecular complexity index is 473. The van der Waals surface area contributed by atoms with Crippen molar-refractivity contribution in [1.29, 1.82) is 0 Å². The maximum Gasteiger partial charge on any atom is 0.0928 e. The van der Waals surface area contributed by atoms with Gasteiger partial charge in [-0.05, 0) is 74.8 Å². The van der Waals surface area contributed by atoms with Crippen LogP contribution in [0.5, 0.6) is 0 Å². The van der Waals surface area contributed by atoms with Crippen molar-refractivity contribution in [2.75, 3.05) is 0 Å². The van der Waals surface area contributed by atoms with Gasteiger partial charge in [-0.2, -0.15) is 0 Å². The lowest BCUT2D eigenvalue weighted by Gasteiger charge is -2.07. The van der Waals surface area contributed by atoms with E-state index < -0.39 is 0 Å². The van der Waals surface area contributed by atoms with Gasteiger partial charge in [-0.3, -0.25) is 0 Å². The molecule has 0 nitrogen and oxygen atoms in total. The second kappa shape index (κ2) is 5.38. The number of rotatable bonds is 2. The summed E-state index contributed by atoms with van der Waals surface area (Å²) in [6.45, 7) is 2.08. The van der Waals surface area contributed by atoms with Gasteiger partial charge in [-0.1, -0.05) is 12.1 Å². The van der Waals surface area contributed by atoms with Crippen LogP contribution in [-0.2, 0) is 0 Å². The Labute approximate surface area is 126 Å². The fourth-order valence-electron chi connectivity index (χ4n) is 1.40. The van der Waals surface area contributed by atoms with Crippen LogP contribution in [0.2, 0.25) is 0 Å². The Kier molecular flexibility index (Phi) is 4.32. The van der Waals surface area contributed by atoms with Gasteiger partial charge < -0.3 is 0 Å². The Hall–Kier alpha value is 0.420. The SMILES string of the molecule is Cc1cc(C(Cl)c2ccc(I)cc2)sc1Br. The summed E-state index contributed by atoms with van der Waals surface area (Å²) in [4.78, 5) is 1.19. The van der Waals surface area contributed by atoms with Crippen molar-refractivity contribution in [3.05, 3.63) is 53.7 Å². The van der Waals surface area contributed by atoms with E-state index in [1.165, 1.54) is 17.8 Å². The van der Waals surface area contributed by atoms with Gasteiger partial charge in [0.25, 0.3) is 0 Å². The summed E-state index contributed by atoms with van der Waals surface area (Å²) in [6.07, 6.45) is 0. The van der Waals surface area contributed by atoms with E-state index in [0.29, 0.717) is 0 Å². The van der Waals surface area contributed by atoms with Crippen LogP contribution in [0.3, 0.4) is 0 Å². The van der Waals surface area contributed by atoms with Crippen molar-refractivity contribution < 1.29 is 0 Å². The van der Waals surface area contributed by atoms with Crippen molar-refractivity contribution >= 4 is 61.5 Å². The number of alkyl halides is 1. The van der Waals surface area contributed by atoms with Crippen molar-refractivity contribution in [2.45, 2.75) is 12.3 Å². The Balaban J connectivity index is 2.31. The first-order valence-electron chi connectivity index (χ1n) is 4.73. The van der Waals surface area contributed by atoms with Crippen LogP contribution in [0.15, 0.2) is 34.1 Å². The molecule has 1 unspecified atom stereocenters. The number of benzene rings is 1. The molecule has 2 rings (SSSR count). The molecule has 4 heteroatoms. The van der Waals surface area contributed by atoms with Crippen LogP contribution >= 0.6 is 61.5 Å². The van der Waals surface area contributed by atoms with E-state index in [1.807, 2.05) is 0 Å². The fraction of sp³-hybridized carbons (Fsp3) is 0.167. The van der Waals surface area contributed by atoms with E-state index in [2.05, 4.69) is 75.8 Å². The summed E-state index contributed by atoms with van der Waals surface area (Å²) in [5, 5.41) is -0.0491. The van der Waals surface area contributed by atoms with Gasteiger partial charge >= 0.3 is 0 Å². The second-order valence-electron chi connectivity index (χ2n) is 3.52. The monoisotopic (exact) mass is 426 g/mol. The largest absolute Gasteiger partial charge is 0.131 e. The zero-order valence-corrected chi connectivity index (χ0v) is 13.8. The van der Waals surface area contributed by atoms with Crippen LogP contribution in [0, 0.1) is 10.5 Å². The summed E-state index contributed by atoms with van der Waals surface area (Å²) in [6, 6.07) is 10.5. The summed E-state index contributed by atoms with van der Waals surface area (Å²) in [5.74, 6) is 0. The molecule has 0 aliphatic heterocycles. The third-order valence-corrected chi connectivity index (χ3v) is 5.83. The van der Waals surface area contributed by atoms with Crippen LogP contribution in [0.1, 0.15) is 21.4 Å². The number of hydrogen-bond acceptors (Lipinski definition) is 1. The van der Waals surface area contributed by atoms with Crippen LogP contribution in [0.4, 0.5) is 0 Å². The van der Waals surface area contributed by atoms with E-state index in [9.17, 15) is 0 Å². The zero-order valence-electron chi connectivity index (χ0n) is 8.51. The maximum absolute atomic E-state index is 6.46. The van der Waals surface area contributed by atoms with E-state index in [-0.39, 0.29) is 5.38 Å². The number of aryl methyl sites for hydroxylation is 1. The van der Waals surface area contributed by atoms with Crippen molar-refractivity contribution in [1.82, 2.24) is 0 Å². The summed E-state index contributed by atoms with van der Waals surface area (Å²) >= 11 is 14.0. The van der Waals surface area contributed by atoms with Crippen LogP contribution in [0.25, 0.3) is 0 Å². The molecule has 1 aromatic carbocycles. The van der Waals surface area contributed by atoms with Crippen molar-refractivity contribution in [2.24, 2.45) is 0 Å². The predicted octanol–water partition coefficient (Wildman–Crippen LogP) is 5.75. The first kappa shape index (κ1) is 12.9. The summed E-state index contributed by atoms with van der Waals surface area (Å²) in [5.41, 5.74) is 2.40. The average molecular weight is 428 g/mol. The molecule has 0 amide bonds. The van der Waals surface area contributed by atoms with Crippen molar-refractivity contribution in [3.63, 3.8) is 0 Å². The summed E-state index contributed by atoms with van der Waals surface area (Å²) < 4.78 is 2.40. The third kappa shape index (κ3) is 2.81. The first-order chi connectivity index (χ1) is 7.58. The molecule has 0 radical (unpaired) electrons. The number of halogens is 3. The minimum Gasteiger partial charge on any atom is -0.131 e. The van der Waals surface area contributed by atoms with Gasteiger partial charge in [0, 0.05) is 8.45 Å². The molecule has 1 heterocycles. The van der Waals surface area contributed by atoms with Gasteiger partial charge in [0.2, 0.25) is 0 Å². The van der Waals surface area contributed by atoms with E-state index in [1.54, 1.807) is 11.3 Å². The number of hydrogen-bond donors (Lipinski definition) is 0. The average Bonchev–Trinajstić information content (AvgIpc) is 2.59. The molecule has 1 aromatic heterocycles. The van der Waals surface area contributed by atoms with E-state index in [0.717, 1.165) is 5.56 Å². The van der Waals surface area contributed by atoms with E-state index >= 15 is 0 Å². The van der Waals surface area contributed by atoms with Crippen LogP contribution in [-0.4, -0.2) is 0 Å². The molecular formula is C12H9BrClIS. The normalized spacial score (nSPS) is 12.8. The van der Waals surface area contributed by atoms with Gasteiger partial charge in [-0.25, -0.2) is 0 Å². The highest BCUT2D eigenvalue weighted by molar-refractivity contribution is 14.1. The number of thiophene rings is 1. The highest BCUT2D eigenvalue weighted by atomic mass is 127. The molecule has 84 valence electrons. The lowest BCUT2D eigenvalue weighted by Crippen LogP contribution is -1.89. The Morgan fingerprint density at radius 3 is 2.44 bits per heavy atom. The molecule has 0 spiro atoms. The standard InChI is InChI=1S/C12H9BrClIS/c1-7-6-10(16-12(7)13)11(14)8-2-4-9(15)5-3-8/h2-6,11H,1H3. The molecule has 0 N–H and O–H groups in total. The van der Waals surface area contributed by atoms with Gasteiger partial charge in [0.05, 0.1) is 9.16 Å². The molecule has 0 fully saturated rings. The minimum absolute atomic E-state index is 0.0491. The van der Waals surface area contributed by atoms with E-state index in [4.69, 9.17) is 11.6 Å². The zero-order chi connectivity index (χ0) is 11.7. The highest BCUT2D eigenvalue weighted by Gasteiger charge is 2.14. The molecule has 0 aliphatic carbocycles. The summed E-state index contributed by atoms with van der Waals surface area (Å²) in [7, 11) is 0. The van der Waals surface area contributed by atoms with Crippen molar-refractivity contribution in [3.8, 4) is 0 Å². The lowest BCUT2D eigenvalue weighted by atomic mass is 10.1. The molecule has 0 bridgehead atoms. The highest BCUT2D eigenvalue weighted by Crippen LogP contribution is 2.37. The molecule has 1 atom stereocenters. The van der Waals surface area contributed by atoms with Gasteiger partial charge in [-0.15, -0.1) is 22.9 Å². The molecule has 0 saturated carbocycles. The second-order valence-corrected chi connectivity index (χ2v) is 7.60. The fourth-order valence-corrected chi connectivity index (χ4v) is 3.68. The third-order valence-electron chi connectivity index (χ3n) is 2.29. The Morgan fingerprint density at radius 1 is 1.31 bits per heavy atom. The molecule has 2 aromatic rings. The topological polar surface area (TPSA) is 0 Å². The van der Waals surface area contributed by atoms with Crippen LogP contribution < -0.4 is 0 Å². The van der Waals surface area contributed by atoms with Gasteiger partial charge in [0.1, 0.15) is 0 Å². The molecule has 0 saturated heterocycles. The minimum atomic E-state index is -0.0491. The molecular weight excluding hydrogens is 418 g/mol. The smallest absolute Gasteiger partial charge is 0.0928 e. The molecule has 0 aliphatic rings. The quantitative estimate of drug-likeness (QED) is 0.423. The lowest BCUT2D eigenvalue weighted by molar-refractivity contribution is 1.18. The Morgan fingerprint density at radius 2 is 1.94 bits per heavy atom. The first-order valence-corrected chi connectivity index (χ1v) is 7.86. The van der Waals surface area contributed by atoms with Gasteiger partial charge in [0.15, 0.2) is 0 Å². The predicted molar refractivity (Wildman–Crippen MR) is 83.6 cm³/mol.